The lowest BCUT2D eigenvalue weighted by molar-refractivity contribution is 0.0529. The van der Waals surface area contributed by atoms with Crippen molar-refractivity contribution < 1.29 is 14.6 Å². The number of morpholine rings is 1. The van der Waals surface area contributed by atoms with Crippen LogP contribution >= 0.6 is 11.8 Å². The summed E-state index contributed by atoms with van der Waals surface area (Å²) in [7, 11) is 0. The molecule has 3 aliphatic rings. The molecule has 1 aromatic heterocycles. The quantitative estimate of drug-likeness (QED) is 0.553. The number of hydrogen-bond donors (Lipinski definition) is 2. The average molecular weight is 497 g/mol. The summed E-state index contributed by atoms with van der Waals surface area (Å²) in [6, 6.07) is 10.0. The first kappa shape index (κ1) is 24.4. The van der Waals surface area contributed by atoms with Gasteiger partial charge < -0.3 is 25.0 Å². The van der Waals surface area contributed by atoms with Crippen LogP contribution in [0, 0.1) is 12.3 Å². The van der Waals surface area contributed by atoms with Crippen molar-refractivity contribution in [3.8, 4) is 0 Å². The molecular formula is C27H36N4O3S. The molecule has 3 fully saturated rings. The number of nitrogens with zero attached hydrogens (tertiary/aromatic N) is 3. The molecule has 0 bridgehead atoms. The summed E-state index contributed by atoms with van der Waals surface area (Å²) in [5.41, 5.74) is 3.29. The fourth-order valence-electron chi connectivity index (χ4n) is 5.20. The van der Waals surface area contributed by atoms with E-state index in [9.17, 15) is 9.90 Å². The zero-order valence-electron chi connectivity index (χ0n) is 20.8. The Labute approximate surface area is 212 Å². The summed E-state index contributed by atoms with van der Waals surface area (Å²) in [6.45, 7) is 8.47. The van der Waals surface area contributed by atoms with E-state index in [1.165, 1.54) is 25.7 Å². The maximum atomic E-state index is 13.5. The number of amides is 1. The molecule has 188 valence electrons. The Morgan fingerprint density at radius 3 is 2.69 bits per heavy atom. The number of thioether (sulfide) groups is 1. The minimum Gasteiger partial charge on any atom is -0.396 e. The number of aliphatic hydroxyl groups is 1. The Morgan fingerprint density at radius 2 is 1.97 bits per heavy atom. The topological polar surface area (TPSA) is 77.9 Å². The molecule has 1 spiro atoms. The zero-order valence-corrected chi connectivity index (χ0v) is 21.6. The van der Waals surface area contributed by atoms with E-state index in [1.807, 2.05) is 25.1 Å². The lowest BCUT2D eigenvalue weighted by Crippen LogP contribution is -2.41. The first-order chi connectivity index (χ1) is 16.9. The number of aryl methyl sites for hydroxylation is 1. The smallest absolute Gasteiger partial charge is 0.258 e. The number of pyridine rings is 1. The molecule has 0 unspecified atom stereocenters. The number of carbonyl (C=O) groups excluding carboxylic acids is 1. The predicted octanol–water partition coefficient (Wildman–Crippen LogP) is 4.33. The maximum Gasteiger partial charge on any atom is 0.258 e. The molecule has 35 heavy (non-hydrogen) atoms. The Morgan fingerprint density at radius 1 is 1.17 bits per heavy atom. The van der Waals surface area contributed by atoms with E-state index in [2.05, 4.69) is 34.2 Å². The zero-order chi connectivity index (χ0) is 24.4. The molecule has 0 radical (unpaired) electrons. The summed E-state index contributed by atoms with van der Waals surface area (Å²) >= 11 is 1.62. The van der Waals surface area contributed by atoms with E-state index in [0.29, 0.717) is 29.2 Å². The van der Waals surface area contributed by atoms with Gasteiger partial charge in [0.05, 0.1) is 30.6 Å². The van der Waals surface area contributed by atoms with Gasteiger partial charge in [0, 0.05) is 36.8 Å². The molecule has 1 amide bonds. The van der Waals surface area contributed by atoms with Crippen LogP contribution in [0.5, 0.6) is 0 Å². The Balaban J connectivity index is 1.37. The van der Waals surface area contributed by atoms with E-state index in [1.54, 1.807) is 11.8 Å². The highest BCUT2D eigenvalue weighted by Gasteiger charge is 2.44. The average Bonchev–Trinajstić information content (AvgIpc) is 3.61. The normalized spacial score (nSPS) is 21.3. The Bertz CT molecular complexity index is 1060. The number of aromatic nitrogens is 1. The minimum atomic E-state index is -0.134. The third-order valence-corrected chi connectivity index (χ3v) is 8.43. The number of benzene rings is 1. The highest BCUT2D eigenvalue weighted by atomic mass is 32.2. The van der Waals surface area contributed by atoms with Gasteiger partial charge >= 0.3 is 0 Å². The number of aliphatic hydroxyl groups excluding tert-OH is 1. The van der Waals surface area contributed by atoms with Crippen LogP contribution in [0.3, 0.4) is 0 Å². The van der Waals surface area contributed by atoms with E-state index in [-0.39, 0.29) is 18.6 Å². The Kier molecular flexibility index (Phi) is 7.23. The molecule has 3 heterocycles. The second-order valence-corrected chi connectivity index (χ2v) is 11.4. The second-order valence-electron chi connectivity index (χ2n) is 10.2. The number of nitrogens with one attached hydrogen (secondary N) is 1. The standard InChI is InChI=1S/C27H36N4O3S/c1-19-15-24(28-25(16-19)31-11-13-34-20(2)18-31)29-26(33)22-4-3-21(35-14-12-32)17-23(22)30-9-7-27(5-6-27)8-10-30/h3-4,15-17,20,32H,5-14,18H2,1-2H3,(H,28,29,33)/t20-/m1/s1. The molecule has 1 aromatic carbocycles. The fourth-order valence-corrected chi connectivity index (χ4v) is 5.89. The van der Waals surface area contributed by atoms with Gasteiger partial charge in [-0.1, -0.05) is 0 Å². The van der Waals surface area contributed by atoms with Gasteiger partial charge in [0.2, 0.25) is 0 Å². The van der Waals surface area contributed by atoms with Crippen molar-refractivity contribution >= 4 is 35.0 Å². The number of rotatable bonds is 7. The lowest BCUT2D eigenvalue weighted by atomic mass is 9.93. The van der Waals surface area contributed by atoms with E-state index >= 15 is 0 Å². The summed E-state index contributed by atoms with van der Waals surface area (Å²) in [6.07, 6.45) is 5.26. The highest BCUT2D eigenvalue weighted by Crippen LogP contribution is 2.54. The van der Waals surface area contributed by atoms with Crippen LogP contribution in [0.25, 0.3) is 0 Å². The van der Waals surface area contributed by atoms with Crippen molar-refractivity contribution in [2.45, 2.75) is 50.5 Å². The molecule has 5 rings (SSSR count). The van der Waals surface area contributed by atoms with E-state index in [4.69, 9.17) is 9.72 Å². The molecule has 2 aliphatic heterocycles. The molecule has 8 heteroatoms. The lowest BCUT2D eigenvalue weighted by Gasteiger charge is -2.35. The SMILES string of the molecule is Cc1cc(NC(=O)c2ccc(SCCO)cc2N2CCC3(CC2)CC3)nc(N2CCO[C@H](C)C2)c1. The number of piperidine rings is 1. The molecule has 2 N–H and O–H groups in total. The molecule has 1 saturated carbocycles. The number of ether oxygens (including phenoxy) is 1. The van der Waals surface area contributed by atoms with Crippen LogP contribution in [-0.2, 0) is 4.74 Å². The summed E-state index contributed by atoms with van der Waals surface area (Å²) in [5.74, 6) is 1.95. The first-order valence-corrected chi connectivity index (χ1v) is 13.7. The van der Waals surface area contributed by atoms with Crippen LogP contribution in [0.4, 0.5) is 17.3 Å². The van der Waals surface area contributed by atoms with Crippen molar-refractivity contribution in [2.75, 3.05) is 60.3 Å². The minimum absolute atomic E-state index is 0.134. The van der Waals surface area contributed by atoms with Crippen molar-refractivity contribution in [1.82, 2.24) is 4.98 Å². The first-order valence-electron chi connectivity index (χ1n) is 12.7. The molecule has 7 nitrogen and oxygen atoms in total. The van der Waals surface area contributed by atoms with E-state index < -0.39 is 0 Å². The van der Waals surface area contributed by atoms with Crippen molar-refractivity contribution in [1.29, 1.82) is 0 Å². The molecule has 2 saturated heterocycles. The fraction of sp³-hybridized carbons (Fsp3) is 0.556. The van der Waals surface area contributed by atoms with Crippen molar-refractivity contribution in [3.63, 3.8) is 0 Å². The summed E-state index contributed by atoms with van der Waals surface area (Å²) in [5, 5.41) is 12.3. The third kappa shape index (κ3) is 5.76. The van der Waals surface area contributed by atoms with Gasteiger partial charge in [-0.2, -0.15) is 0 Å². The summed E-state index contributed by atoms with van der Waals surface area (Å²) in [4.78, 5) is 24.0. The van der Waals surface area contributed by atoms with Gasteiger partial charge in [0.25, 0.3) is 5.91 Å². The highest BCUT2D eigenvalue weighted by molar-refractivity contribution is 7.99. The monoisotopic (exact) mass is 496 g/mol. The van der Waals surface area contributed by atoms with Crippen LogP contribution in [-0.4, -0.2) is 67.2 Å². The van der Waals surface area contributed by atoms with Crippen LogP contribution in [0.2, 0.25) is 0 Å². The molecule has 2 aromatic rings. The maximum absolute atomic E-state index is 13.5. The van der Waals surface area contributed by atoms with Gasteiger partial charge in [-0.3, -0.25) is 4.79 Å². The molecule has 1 atom stereocenters. The number of hydrogen-bond acceptors (Lipinski definition) is 7. The third-order valence-electron chi connectivity index (χ3n) is 7.46. The largest absolute Gasteiger partial charge is 0.396 e. The van der Waals surface area contributed by atoms with Gasteiger partial charge in [-0.05, 0) is 80.8 Å². The van der Waals surface area contributed by atoms with Crippen LogP contribution in [0.15, 0.2) is 35.2 Å². The van der Waals surface area contributed by atoms with Crippen LogP contribution < -0.4 is 15.1 Å². The van der Waals surface area contributed by atoms with Gasteiger partial charge in [-0.15, -0.1) is 11.8 Å². The van der Waals surface area contributed by atoms with Gasteiger partial charge in [0.1, 0.15) is 11.6 Å². The number of anilines is 3. The summed E-state index contributed by atoms with van der Waals surface area (Å²) < 4.78 is 5.67. The van der Waals surface area contributed by atoms with Crippen molar-refractivity contribution in [3.05, 3.63) is 41.5 Å². The Hall–Kier alpha value is -2.29. The van der Waals surface area contributed by atoms with Crippen molar-refractivity contribution in [2.24, 2.45) is 5.41 Å². The van der Waals surface area contributed by atoms with Crippen LogP contribution in [0.1, 0.15) is 48.5 Å². The predicted molar refractivity (Wildman–Crippen MR) is 142 cm³/mol. The molecule has 1 aliphatic carbocycles. The van der Waals surface area contributed by atoms with E-state index in [0.717, 1.165) is 48.1 Å². The molecular weight excluding hydrogens is 460 g/mol. The second kappa shape index (κ2) is 10.4. The van der Waals surface area contributed by atoms with Gasteiger partial charge in [-0.25, -0.2) is 4.98 Å². The van der Waals surface area contributed by atoms with Gasteiger partial charge in [0.15, 0.2) is 0 Å². The number of carbonyl (C=O) groups is 1.